The van der Waals surface area contributed by atoms with E-state index in [2.05, 4.69) is 9.71 Å². The highest BCUT2D eigenvalue weighted by Gasteiger charge is 2.33. The largest absolute Gasteiger partial charge is 0.470 e. The molecule has 1 aromatic carbocycles. The highest BCUT2D eigenvalue weighted by atomic mass is 32.2. The molecule has 1 saturated heterocycles. The number of hydrogen-bond acceptors (Lipinski definition) is 5. The summed E-state index contributed by atoms with van der Waals surface area (Å²) in [6.07, 6.45) is 1.27. The summed E-state index contributed by atoms with van der Waals surface area (Å²) in [7, 11) is -4.18. The van der Waals surface area contributed by atoms with Crippen molar-refractivity contribution < 1.29 is 26.7 Å². The molecule has 1 N–H and O–H groups in total. The molecule has 25 heavy (non-hydrogen) atoms. The van der Waals surface area contributed by atoms with Crippen LogP contribution in [0.25, 0.3) is 0 Å². The average molecular weight is 370 g/mol. The van der Waals surface area contributed by atoms with Crippen LogP contribution in [0.4, 0.5) is 8.78 Å². The minimum Gasteiger partial charge on any atom is -0.470 e. The zero-order valence-corrected chi connectivity index (χ0v) is 13.9. The lowest BCUT2D eigenvalue weighted by Crippen LogP contribution is -2.51. The maximum atomic E-state index is 13.8. The number of sulfonamides is 1. The van der Waals surface area contributed by atoms with E-state index in [1.165, 1.54) is 0 Å². The van der Waals surface area contributed by atoms with Gasteiger partial charge in [0.25, 0.3) is 0 Å². The highest BCUT2D eigenvalue weighted by Crippen LogP contribution is 2.20. The molecular formula is C16H16F2N2O4S. The van der Waals surface area contributed by atoms with Crippen LogP contribution in [0.1, 0.15) is 6.42 Å². The zero-order chi connectivity index (χ0) is 17.9. The Morgan fingerprint density at radius 2 is 2.08 bits per heavy atom. The Balaban J connectivity index is 1.78. The van der Waals surface area contributed by atoms with Crippen LogP contribution in [0, 0.1) is 11.6 Å². The fourth-order valence-corrected chi connectivity index (χ4v) is 3.85. The van der Waals surface area contributed by atoms with Gasteiger partial charge < -0.3 is 9.47 Å². The molecular weight excluding hydrogens is 354 g/mol. The van der Waals surface area contributed by atoms with E-state index >= 15 is 0 Å². The molecule has 0 unspecified atom stereocenters. The predicted octanol–water partition coefficient (Wildman–Crippen LogP) is 1.87. The van der Waals surface area contributed by atoms with Crippen LogP contribution < -0.4 is 9.46 Å². The lowest BCUT2D eigenvalue weighted by atomic mass is 10.1. The molecule has 0 radical (unpaired) electrons. The summed E-state index contributed by atoms with van der Waals surface area (Å²) >= 11 is 0. The lowest BCUT2D eigenvalue weighted by molar-refractivity contribution is -0.0111. The van der Waals surface area contributed by atoms with Gasteiger partial charge in [-0.05, 0) is 24.6 Å². The Hall–Kier alpha value is -2.10. The Bertz CT molecular complexity index is 833. The van der Waals surface area contributed by atoms with Gasteiger partial charge in [0, 0.05) is 24.9 Å². The maximum Gasteiger partial charge on any atom is 0.243 e. The molecule has 1 aliphatic rings. The monoisotopic (exact) mass is 370 g/mol. The summed E-state index contributed by atoms with van der Waals surface area (Å²) in [4.78, 5) is 3.42. The predicted molar refractivity (Wildman–Crippen MR) is 84.6 cm³/mol. The number of ether oxygens (including phenoxy) is 2. The van der Waals surface area contributed by atoms with Crippen molar-refractivity contribution in [2.24, 2.45) is 0 Å². The molecule has 6 nitrogen and oxygen atoms in total. The van der Waals surface area contributed by atoms with E-state index < -0.39 is 38.7 Å². The van der Waals surface area contributed by atoms with Crippen molar-refractivity contribution in [3.05, 3.63) is 54.2 Å². The second kappa shape index (κ2) is 7.42. The maximum absolute atomic E-state index is 13.8. The topological polar surface area (TPSA) is 77.5 Å². The number of rotatable bonds is 5. The zero-order valence-electron chi connectivity index (χ0n) is 13.1. The van der Waals surface area contributed by atoms with Crippen LogP contribution >= 0.6 is 0 Å². The molecule has 2 atom stereocenters. The minimum absolute atomic E-state index is 0.162. The average Bonchev–Trinajstić information content (AvgIpc) is 2.57. The first-order valence-corrected chi connectivity index (χ1v) is 9.07. The standard InChI is InChI=1S/C16H16F2N2O4S/c17-11-4-5-15(12(18)9-11)25(21,22)20-13-6-8-23-10-14(13)24-16-3-1-2-7-19-16/h1-5,7,9,13-14,20H,6,8,10H2/t13-,14-/m1/s1. The molecule has 1 aliphatic heterocycles. The van der Waals surface area contributed by atoms with Crippen molar-refractivity contribution in [1.29, 1.82) is 0 Å². The molecule has 3 rings (SSSR count). The highest BCUT2D eigenvalue weighted by molar-refractivity contribution is 7.89. The number of pyridine rings is 1. The summed E-state index contributed by atoms with van der Waals surface area (Å²) in [6, 6.07) is 6.77. The van der Waals surface area contributed by atoms with Crippen molar-refractivity contribution in [1.82, 2.24) is 9.71 Å². The molecule has 1 aromatic heterocycles. The quantitative estimate of drug-likeness (QED) is 0.870. The van der Waals surface area contributed by atoms with E-state index in [-0.39, 0.29) is 6.61 Å². The third-order valence-electron chi connectivity index (χ3n) is 3.70. The van der Waals surface area contributed by atoms with Crippen LogP contribution in [0.2, 0.25) is 0 Å². The lowest BCUT2D eigenvalue weighted by Gasteiger charge is -2.31. The van der Waals surface area contributed by atoms with E-state index in [9.17, 15) is 17.2 Å². The van der Waals surface area contributed by atoms with Gasteiger partial charge in [-0.3, -0.25) is 0 Å². The van der Waals surface area contributed by atoms with Crippen molar-refractivity contribution in [3.8, 4) is 5.88 Å². The first kappa shape index (κ1) is 17.7. The van der Waals surface area contributed by atoms with Gasteiger partial charge in [-0.1, -0.05) is 6.07 Å². The molecule has 0 saturated carbocycles. The third-order valence-corrected chi connectivity index (χ3v) is 5.23. The van der Waals surface area contributed by atoms with Crippen LogP contribution in [-0.4, -0.2) is 38.8 Å². The number of halogens is 2. The van der Waals surface area contributed by atoms with Crippen LogP contribution in [-0.2, 0) is 14.8 Å². The molecule has 0 spiro atoms. The SMILES string of the molecule is O=S(=O)(N[C@@H]1CCOC[C@H]1Oc1ccccn1)c1ccc(F)cc1F. The summed E-state index contributed by atoms with van der Waals surface area (Å²) in [5, 5.41) is 0. The second-order valence-corrected chi connectivity index (χ2v) is 7.17. The third kappa shape index (κ3) is 4.30. The van der Waals surface area contributed by atoms with Gasteiger partial charge in [0.2, 0.25) is 15.9 Å². The smallest absolute Gasteiger partial charge is 0.243 e. The summed E-state index contributed by atoms with van der Waals surface area (Å²) in [5.74, 6) is -1.67. The van der Waals surface area contributed by atoms with E-state index in [1.54, 1.807) is 24.4 Å². The minimum atomic E-state index is -4.18. The van der Waals surface area contributed by atoms with Crippen LogP contribution in [0.15, 0.2) is 47.5 Å². The molecule has 134 valence electrons. The molecule has 1 fully saturated rings. The fourth-order valence-electron chi connectivity index (χ4n) is 2.49. The van der Waals surface area contributed by atoms with Gasteiger partial charge in [0.15, 0.2) is 0 Å². The second-order valence-electron chi connectivity index (χ2n) is 5.49. The summed E-state index contributed by atoms with van der Waals surface area (Å²) in [6.45, 7) is 0.497. The Morgan fingerprint density at radius 3 is 2.80 bits per heavy atom. The van der Waals surface area contributed by atoms with Gasteiger partial charge in [-0.25, -0.2) is 26.9 Å². The van der Waals surface area contributed by atoms with Crippen molar-refractivity contribution in [3.63, 3.8) is 0 Å². The summed E-state index contributed by atoms with van der Waals surface area (Å²) in [5.41, 5.74) is 0. The van der Waals surface area contributed by atoms with E-state index in [1.807, 2.05) is 0 Å². The Morgan fingerprint density at radius 1 is 1.24 bits per heavy atom. The fraction of sp³-hybridized carbons (Fsp3) is 0.312. The molecule has 9 heteroatoms. The van der Waals surface area contributed by atoms with E-state index in [0.29, 0.717) is 25.0 Å². The summed E-state index contributed by atoms with van der Waals surface area (Å²) < 4.78 is 65.1. The van der Waals surface area contributed by atoms with E-state index in [0.717, 1.165) is 12.1 Å². The van der Waals surface area contributed by atoms with Gasteiger partial charge in [-0.2, -0.15) is 0 Å². The molecule has 0 bridgehead atoms. The van der Waals surface area contributed by atoms with Gasteiger partial charge in [-0.15, -0.1) is 0 Å². The first-order valence-electron chi connectivity index (χ1n) is 7.58. The first-order chi connectivity index (χ1) is 12.0. The van der Waals surface area contributed by atoms with Gasteiger partial charge in [0.05, 0.1) is 12.6 Å². The van der Waals surface area contributed by atoms with Crippen molar-refractivity contribution in [2.75, 3.05) is 13.2 Å². The number of benzene rings is 1. The molecule has 0 aliphatic carbocycles. The van der Waals surface area contributed by atoms with E-state index in [4.69, 9.17) is 9.47 Å². The Kier molecular flexibility index (Phi) is 5.26. The normalized spacial score (nSPS) is 21.0. The van der Waals surface area contributed by atoms with Gasteiger partial charge in [0.1, 0.15) is 22.6 Å². The van der Waals surface area contributed by atoms with Crippen molar-refractivity contribution in [2.45, 2.75) is 23.5 Å². The van der Waals surface area contributed by atoms with Crippen molar-refractivity contribution >= 4 is 10.0 Å². The molecule has 2 heterocycles. The number of hydrogen-bond donors (Lipinski definition) is 1. The Labute approximate surface area is 143 Å². The van der Waals surface area contributed by atoms with Crippen LogP contribution in [0.3, 0.4) is 0 Å². The number of aromatic nitrogens is 1. The number of nitrogens with one attached hydrogen (secondary N) is 1. The molecule has 2 aromatic rings. The molecule has 0 amide bonds. The van der Waals surface area contributed by atoms with Crippen LogP contribution in [0.5, 0.6) is 5.88 Å². The number of nitrogens with zero attached hydrogens (tertiary/aromatic N) is 1. The van der Waals surface area contributed by atoms with Gasteiger partial charge >= 0.3 is 0 Å².